The van der Waals surface area contributed by atoms with Crippen molar-refractivity contribution < 1.29 is 13.9 Å². The smallest absolute Gasteiger partial charge is 0.317 e. The van der Waals surface area contributed by atoms with Gasteiger partial charge in [0.05, 0.1) is 28.8 Å². The summed E-state index contributed by atoms with van der Waals surface area (Å²) in [6.07, 6.45) is 3.27. The summed E-state index contributed by atoms with van der Waals surface area (Å²) < 4.78 is 11.6. The highest BCUT2D eigenvalue weighted by atomic mass is 16.5. The van der Waals surface area contributed by atoms with Gasteiger partial charge in [0.25, 0.3) is 5.91 Å². The molecule has 6 rings (SSSR count). The topological polar surface area (TPSA) is 159 Å². The number of aromatic nitrogens is 5. The molecule has 5 N–H and O–H groups in total. The highest BCUT2D eigenvalue weighted by Gasteiger charge is 2.20. The second-order valence-electron chi connectivity index (χ2n) is 8.53. The minimum absolute atomic E-state index is 0.0456. The molecule has 4 aromatic heterocycles. The van der Waals surface area contributed by atoms with Crippen LogP contribution in [0.25, 0.3) is 44.4 Å². The zero-order valence-electron chi connectivity index (χ0n) is 19.7. The van der Waals surface area contributed by atoms with Crippen molar-refractivity contribution >= 4 is 33.5 Å². The minimum Gasteiger partial charge on any atom is -0.457 e. The number of pyridine rings is 1. The molecule has 0 atom stereocenters. The molecule has 0 aliphatic heterocycles. The molecule has 0 bridgehead atoms. The summed E-state index contributed by atoms with van der Waals surface area (Å²) in [5, 5.41) is 8.95. The first-order valence-corrected chi connectivity index (χ1v) is 11.4. The van der Waals surface area contributed by atoms with Gasteiger partial charge in [0, 0.05) is 22.5 Å². The fraction of sp³-hybridized carbons (Fsp3) is 0.0741. The van der Waals surface area contributed by atoms with Crippen LogP contribution < -0.4 is 16.2 Å². The van der Waals surface area contributed by atoms with Gasteiger partial charge < -0.3 is 20.6 Å². The number of aromatic amines is 1. The van der Waals surface area contributed by atoms with Crippen molar-refractivity contribution in [1.82, 2.24) is 25.1 Å². The molecule has 0 aliphatic carbocycles. The number of rotatable bonds is 6. The van der Waals surface area contributed by atoms with Crippen molar-refractivity contribution in [2.24, 2.45) is 5.73 Å². The minimum atomic E-state index is -0.743. The maximum absolute atomic E-state index is 12.3. The number of nitrogens with two attached hydrogens (primary N) is 2. The van der Waals surface area contributed by atoms with Gasteiger partial charge in [-0.25, -0.2) is 9.97 Å². The van der Waals surface area contributed by atoms with Crippen LogP contribution in [0.5, 0.6) is 6.01 Å². The highest BCUT2D eigenvalue weighted by molar-refractivity contribution is 6.05. The number of para-hydroxylation sites is 1. The molecule has 0 unspecified atom stereocenters. The Morgan fingerprint density at radius 1 is 1.08 bits per heavy atom. The van der Waals surface area contributed by atoms with Gasteiger partial charge in [0.1, 0.15) is 18.0 Å². The third-order valence-electron chi connectivity index (χ3n) is 6.11. The number of furan rings is 1. The molecule has 6 aromatic rings. The van der Waals surface area contributed by atoms with Crippen LogP contribution in [0.3, 0.4) is 0 Å². The molecule has 10 nitrogen and oxygen atoms in total. The van der Waals surface area contributed by atoms with Crippen LogP contribution in [0, 0.1) is 6.92 Å². The number of ether oxygens (including phenoxy) is 1. The molecule has 0 radical (unpaired) electrons. The molecule has 182 valence electrons. The molecule has 0 aliphatic rings. The number of nitrogens with zero attached hydrogens (tertiary/aromatic N) is 4. The van der Waals surface area contributed by atoms with E-state index >= 15 is 0 Å². The van der Waals surface area contributed by atoms with E-state index in [4.69, 9.17) is 20.6 Å². The summed E-state index contributed by atoms with van der Waals surface area (Å²) in [5.41, 5.74) is 17.0. The predicted molar refractivity (Wildman–Crippen MR) is 139 cm³/mol. The van der Waals surface area contributed by atoms with E-state index in [9.17, 15) is 4.79 Å². The van der Waals surface area contributed by atoms with Crippen LogP contribution in [-0.4, -0.2) is 31.1 Å². The fourth-order valence-electron chi connectivity index (χ4n) is 4.36. The third-order valence-corrected chi connectivity index (χ3v) is 6.11. The van der Waals surface area contributed by atoms with Crippen molar-refractivity contribution in [3.63, 3.8) is 0 Å². The third kappa shape index (κ3) is 4.00. The highest BCUT2D eigenvalue weighted by Crippen LogP contribution is 2.37. The molecule has 4 heterocycles. The number of carbonyl (C=O) groups is 1. The van der Waals surface area contributed by atoms with Crippen molar-refractivity contribution in [2.75, 3.05) is 5.73 Å². The molecule has 0 spiro atoms. The van der Waals surface area contributed by atoms with Crippen molar-refractivity contribution in [2.45, 2.75) is 13.5 Å². The Bertz CT molecular complexity index is 1770. The first kappa shape index (κ1) is 22.2. The van der Waals surface area contributed by atoms with E-state index in [1.54, 1.807) is 24.5 Å². The number of hydrogen-bond donors (Lipinski definition) is 3. The lowest BCUT2D eigenvalue weighted by Gasteiger charge is -2.15. The lowest BCUT2D eigenvalue weighted by atomic mass is 9.94. The number of nitrogen functional groups attached to an aromatic ring is 1. The van der Waals surface area contributed by atoms with Gasteiger partial charge in [-0.1, -0.05) is 24.3 Å². The Balaban J connectivity index is 1.39. The van der Waals surface area contributed by atoms with E-state index in [0.29, 0.717) is 22.7 Å². The lowest BCUT2D eigenvalue weighted by Crippen LogP contribution is -2.17. The first-order valence-electron chi connectivity index (χ1n) is 11.4. The monoisotopic (exact) mass is 491 g/mol. The SMILES string of the molecule is Cc1ccc2[nH]ncc2c1-c1cc(-c2ccnc(OCc3cc4ccccc4o3)n2)nc(C(N)=O)c1N. The summed E-state index contributed by atoms with van der Waals surface area (Å²) in [6.45, 7) is 2.10. The molecule has 0 saturated carbocycles. The molecule has 2 aromatic carbocycles. The second kappa shape index (κ2) is 8.76. The summed E-state index contributed by atoms with van der Waals surface area (Å²) in [7, 11) is 0. The van der Waals surface area contributed by atoms with Gasteiger partial charge in [0.15, 0.2) is 5.69 Å². The van der Waals surface area contributed by atoms with Gasteiger partial charge in [0.2, 0.25) is 0 Å². The molecule has 0 fully saturated rings. The maximum atomic E-state index is 12.3. The Morgan fingerprint density at radius 2 is 1.95 bits per heavy atom. The fourth-order valence-corrected chi connectivity index (χ4v) is 4.36. The standard InChI is InChI=1S/C27H21N7O3/c1-14-6-7-19-18(12-31-34-19)23(14)17-11-21(32-25(24(17)28)26(29)35)20-8-9-30-27(33-20)36-13-16-10-15-4-2-3-5-22(15)37-16/h2-12H,13,28H2,1H3,(H2,29,35)(H,31,34). The summed E-state index contributed by atoms with van der Waals surface area (Å²) >= 11 is 0. The van der Waals surface area contributed by atoms with Crippen LogP contribution in [-0.2, 0) is 6.61 Å². The van der Waals surface area contributed by atoms with Crippen LogP contribution in [0.4, 0.5) is 5.69 Å². The number of anilines is 1. The average molecular weight is 492 g/mol. The van der Waals surface area contributed by atoms with Crippen molar-refractivity contribution in [3.8, 4) is 28.5 Å². The van der Waals surface area contributed by atoms with E-state index in [2.05, 4.69) is 25.1 Å². The van der Waals surface area contributed by atoms with Gasteiger partial charge in [-0.15, -0.1) is 0 Å². The first-order chi connectivity index (χ1) is 18.0. The van der Waals surface area contributed by atoms with Gasteiger partial charge in [-0.3, -0.25) is 9.89 Å². The largest absolute Gasteiger partial charge is 0.457 e. The lowest BCUT2D eigenvalue weighted by molar-refractivity contribution is 0.0996. The molecule has 10 heteroatoms. The van der Waals surface area contributed by atoms with Gasteiger partial charge in [-0.05, 0) is 48.4 Å². The molecule has 0 saturated heterocycles. The van der Waals surface area contributed by atoms with Gasteiger partial charge >= 0.3 is 6.01 Å². The molecular weight excluding hydrogens is 470 g/mol. The molecule has 1 amide bonds. The number of nitrogens with one attached hydrogen (secondary N) is 1. The Hall–Kier alpha value is -5.25. The van der Waals surface area contributed by atoms with E-state index in [0.717, 1.165) is 33.0 Å². The molecular formula is C27H21N7O3. The number of aryl methyl sites for hydroxylation is 1. The number of hydrogen-bond acceptors (Lipinski definition) is 8. The maximum Gasteiger partial charge on any atom is 0.317 e. The average Bonchev–Trinajstić information content (AvgIpc) is 3.55. The van der Waals surface area contributed by atoms with E-state index < -0.39 is 5.91 Å². The summed E-state index contributed by atoms with van der Waals surface area (Å²) in [5.74, 6) is -0.101. The summed E-state index contributed by atoms with van der Waals surface area (Å²) in [4.78, 5) is 25.4. The number of fused-ring (bicyclic) bond motifs is 2. The summed E-state index contributed by atoms with van der Waals surface area (Å²) in [6, 6.07) is 17.1. The van der Waals surface area contributed by atoms with Crippen molar-refractivity contribution in [3.05, 3.63) is 84.0 Å². The Kier molecular flexibility index (Phi) is 5.26. The zero-order chi connectivity index (χ0) is 25.5. The number of primary amides is 1. The molecule has 37 heavy (non-hydrogen) atoms. The van der Waals surface area contributed by atoms with Gasteiger partial charge in [-0.2, -0.15) is 10.1 Å². The zero-order valence-corrected chi connectivity index (χ0v) is 19.7. The number of H-pyrrole nitrogens is 1. The number of benzene rings is 2. The van der Waals surface area contributed by atoms with E-state index in [1.807, 2.05) is 49.4 Å². The second-order valence-corrected chi connectivity index (χ2v) is 8.53. The van der Waals surface area contributed by atoms with Crippen LogP contribution in [0.15, 0.2) is 71.4 Å². The van der Waals surface area contributed by atoms with Crippen molar-refractivity contribution in [1.29, 1.82) is 0 Å². The van der Waals surface area contributed by atoms with Crippen LogP contribution in [0.2, 0.25) is 0 Å². The van der Waals surface area contributed by atoms with E-state index in [-0.39, 0.29) is 24.0 Å². The quantitative estimate of drug-likeness (QED) is 0.309. The van der Waals surface area contributed by atoms with Crippen LogP contribution >= 0.6 is 0 Å². The Morgan fingerprint density at radius 3 is 2.78 bits per heavy atom. The predicted octanol–water partition coefficient (Wildman–Crippen LogP) is 4.40. The number of carbonyl (C=O) groups excluding carboxylic acids is 1. The Labute approximate surface area is 210 Å². The normalized spacial score (nSPS) is 11.3. The van der Waals surface area contributed by atoms with Crippen LogP contribution in [0.1, 0.15) is 21.8 Å². The van der Waals surface area contributed by atoms with E-state index in [1.165, 1.54) is 0 Å². The number of amides is 1.